The summed E-state index contributed by atoms with van der Waals surface area (Å²) >= 11 is 0. The number of nitrogens with zero attached hydrogens (tertiary/aromatic N) is 5. The molecule has 1 aliphatic heterocycles. The van der Waals surface area contributed by atoms with Crippen LogP contribution in [0.5, 0.6) is 0 Å². The molecule has 0 bridgehead atoms. The number of rotatable bonds is 9. The number of aromatic nitrogens is 3. The molecule has 1 aliphatic rings. The summed E-state index contributed by atoms with van der Waals surface area (Å²) in [6, 6.07) is 10.8. The lowest BCUT2D eigenvalue weighted by Gasteiger charge is -2.18. The van der Waals surface area contributed by atoms with E-state index >= 15 is 0 Å². The Labute approximate surface area is 191 Å². The van der Waals surface area contributed by atoms with Crippen molar-refractivity contribution in [2.75, 3.05) is 39.8 Å². The highest BCUT2D eigenvalue weighted by Gasteiger charge is 2.22. The smallest absolute Gasteiger partial charge is 0.191 e. The third-order valence-corrected chi connectivity index (χ3v) is 5.37. The molecule has 1 saturated heterocycles. The molecule has 3 rings (SSSR count). The second-order valence-electron chi connectivity index (χ2n) is 7.36. The van der Waals surface area contributed by atoms with Crippen LogP contribution in [0.25, 0.3) is 0 Å². The van der Waals surface area contributed by atoms with Gasteiger partial charge in [-0.2, -0.15) is 0 Å². The van der Waals surface area contributed by atoms with E-state index in [0.717, 1.165) is 57.3 Å². The predicted molar refractivity (Wildman–Crippen MR) is 129 cm³/mol. The number of guanidine groups is 1. The molecule has 0 aliphatic carbocycles. The topological polar surface area (TPSA) is 70.4 Å². The quantitative estimate of drug-likeness (QED) is 0.307. The largest absolute Gasteiger partial charge is 0.356 e. The highest BCUT2D eigenvalue weighted by Crippen LogP contribution is 2.15. The summed E-state index contributed by atoms with van der Waals surface area (Å²) in [5.41, 5.74) is 1.42. The zero-order valence-corrected chi connectivity index (χ0v) is 19.9. The van der Waals surface area contributed by atoms with E-state index < -0.39 is 0 Å². The molecule has 8 heteroatoms. The van der Waals surface area contributed by atoms with E-state index in [-0.39, 0.29) is 24.0 Å². The van der Waals surface area contributed by atoms with E-state index in [1.54, 1.807) is 6.33 Å². The molecule has 2 heterocycles. The number of hydrogen-bond donors (Lipinski definition) is 2. The summed E-state index contributed by atoms with van der Waals surface area (Å²) in [6.45, 7) is 8.21. The molecule has 29 heavy (non-hydrogen) atoms. The molecule has 2 N–H and O–H groups in total. The lowest BCUT2D eigenvalue weighted by Crippen LogP contribution is -2.41. The maximum absolute atomic E-state index is 4.35. The summed E-state index contributed by atoms with van der Waals surface area (Å²) < 4.78 is 2.09. The van der Waals surface area contributed by atoms with Crippen LogP contribution in [0.1, 0.15) is 24.7 Å². The summed E-state index contributed by atoms with van der Waals surface area (Å²) in [5.74, 6) is 2.57. The third kappa shape index (κ3) is 7.58. The van der Waals surface area contributed by atoms with E-state index in [0.29, 0.717) is 5.92 Å². The van der Waals surface area contributed by atoms with Crippen molar-refractivity contribution in [1.82, 2.24) is 30.3 Å². The van der Waals surface area contributed by atoms with Gasteiger partial charge in [0, 0.05) is 46.2 Å². The van der Waals surface area contributed by atoms with Gasteiger partial charge in [0.2, 0.25) is 0 Å². The van der Waals surface area contributed by atoms with Crippen LogP contribution in [-0.4, -0.2) is 65.4 Å². The van der Waals surface area contributed by atoms with Gasteiger partial charge < -0.3 is 20.1 Å². The number of hydrogen-bond acceptors (Lipinski definition) is 4. The van der Waals surface area contributed by atoms with Crippen LogP contribution in [0, 0.1) is 5.92 Å². The van der Waals surface area contributed by atoms with Crippen LogP contribution < -0.4 is 10.6 Å². The molecule has 2 aromatic rings. The molecule has 1 aromatic carbocycles. The Balaban J connectivity index is 0.00000300. The molecule has 1 fully saturated rings. The van der Waals surface area contributed by atoms with Crippen molar-refractivity contribution in [2.24, 2.45) is 10.9 Å². The van der Waals surface area contributed by atoms with Gasteiger partial charge in [-0.3, -0.25) is 4.99 Å². The first-order valence-electron chi connectivity index (χ1n) is 10.4. The van der Waals surface area contributed by atoms with Crippen LogP contribution in [0.3, 0.4) is 0 Å². The fraction of sp³-hybridized carbons (Fsp3) is 0.571. The van der Waals surface area contributed by atoms with E-state index in [1.807, 2.05) is 7.05 Å². The molecular formula is C21H34IN7. The lowest BCUT2D eigenvalue weighted by atomic mass is 10.1. The van der Waals surface area contributed by atoms with Gasteiger partial charge in [-0.05, 0) is 30.9 Å². The van der Waals surface area contributed by atoms with Crippen LogP contribution in [0.15, 0.2) is 41.7 Å². The zero-order valence-electron chi connectivity index (χ0n) is 17.5. The number of benzene rings is 1. The molecule has 1 unspecified atom stereocenters. The number of nitrogens with one attached hydrogen (secondary N) is 2. The number of aliphatic imine (C=N–C) groups is 1. The minimum absolute atomic E-state index is 0. The van der Waals surface area contributed by atoms with Gasteiger partial charge in [0.15, 0.2) is 5.96 Å². The minimum atomic E-state index is 0. The molecule has 0 spiro atoms. The normalized spacial score (nSPS) is 17.2. The van der Waals surface area contributed by atoms with Crippen LogP contribution in [-0.2, 0) is 19.4 Å². The van der Waals surface area contributed by atoms with E-state index in [4.69, 9.17) is 0 Å². The van der Waals surface area contributed by atoms with Crippen LogP contribution >= 0.6 is 24.0 Å². The van der Waals surface area contributed by atoms with Crippen molar-refractivity contribution in [3.05, 3.63) is 48.0 Å². The Kier molecular flexibility index (Phi) is 10.4. The van der Waals surface area contributed by atoms with E-state index in [2.05, 4.69) is 72.5 Å². The van der Waals surface area contributed by atoms with Gasteiger partial charge in [-0.1, -0.05) is 37.3 Å². The molecule has 160 valence electrons. The fourth-order valence-electron chi connectivity index (χ4n) is 3.71. The van der Waals surface area contributed by atoms with Gasteiger partial charge in [-0.15, -0.1) is 34.2 Å². The fourth-order valence-corrected chi connectivity index (χ4v) is 3.71. The maximum Gasteiger partial charge on any atom is 0.191 e. The summed E-state index contributed by atoms with van der Waals surface area (Å²) in [7, 11) is 1.83. The first-order valence-corrected chi connectivity index (χ1v) is 10.4. The minimum Gasteiger partial charge on any atom is -0.356 e. The number of halogens is 1. The zero-order chi connectivity index (χ0) is 19.6. The van der Waals surface area contributed by atoms with E-state index in [9.17, 15) is 0 Å². The molecule has 0 radical (unpaired) electrons. The first kappa shape index (κ1) is 23.6. The summed E-state index contributed by atoms with van der Waals surface area (Å²) in [5, 5.41) is 15.0. The summed E-state index contributed by atoms with van der Waals surface area (Å²) in [4.78, 5) is 6.92. The Bertz CT molecular complexity index is 732. The van der Waals surface area contributed by atoms with Crippen molar-refractivity contribution in [3.63, 3.8) is 0 Å². The van der Waals surface area contributed by atoms with Crippen molar-refractivity contribution >= 4 is 29.9 Å². The van der Waals surface area contributed by atoms with Gasteiger partial charge in [0.25, 0.3) is 0 Å². The Hall–Kier alpha value is -1.68. The third-order valence-electron chi connectivity index (χ3n) is 5.37. The monoisotopic (exact) mass is 511 g/mol. The van der Waals surface area contributed by atoms with E-state index in [1.165, 1.54) is 18.5 Å². The maximum atomic E-state index is 4.35. The SMILES string of the molecule is CCc1nncn1CCNC(=NC)NCC1CCN(CCc2ccccc2)C1.I. The van der Waals surface area contributed by atoms with Crippen molar-refractivity contribution in [1.29, 1.82) is 0 Å². The highest BCUT2D eigenvalue weighted by atomic mass is 127. The van der Waals surface area contributed by atoms with Crippen LogP contribution in [0.2, 0.25) is 0 Å². The van der Waals surface area contributed by atoms with Crippen molar-refractivity contribution in [2.45, 2.75) is 32.7 Å². The second-order valence-corrected chi connectivity index (χ2v) is 7.36. The average Bonchev–Trinajstić information content (AvgIpc) is 3.38. The Morgan fingerprint density at radius 3 is 2.79 bits per heavy atom. The van der Waals surface area contributed by atoms with Crippen molar-refractivity contribution < 1.29 is 0 Å². The molecule has 1 atom stereocenters. The predicted octanol–water partition coefficient (Wildman–Crippen LogP) is 2.19. The lowest BCUT2D eigenvalue weighted by molar-refractivity contribution is 0.328. The van der Waals surface area contributed by atoms with Crippen molar-refractivity contribution in [3.8, 4) is 0 Å². The molecular weight excluding hydrogens is 477 g/mol. The van der Waals surface area contributed by atoms with Crippen LogP contribution in [0.4, 0.5) is 0 Å². The molecule has 0 saturated carbocycles. The standard InChI is InChI=1S/C21H33N7.HI/c1-3-20-26-25-17-28(20)14-11-23-21(22-2)24-15-19-10-13-27(16-19)12-9-18-7-5-4-6-8-18;/h4-8,17,19H,3,9-16H2,1-2H3,(H2,22,23,24);1H. The molecule has 1 aromatic heterocycles. The first-order chi connectivity index (χ1) is 13.8. The Morgan fingerprint density at radius 2 is 2.03 bits per heavy atom. The van der Waals surface area contributed by atoms with Gasteiger partial charge in [-0.25, -0.2) is 0 Å². The highest BCUT2D eigenvalue weighted by molar-refractivity contribution is 14.0. The van der Waals surface area contributed by atoms with Gasteiger partial charge in [0.1, 0.15) is 12.2 Å². The summed E-state index contributed by atoms with van der Waals surface area (Å²) in [6.07, 6.45) is 5.07. The number of likely N-dealkylation sites (tertiary alicyclic amines) is 1. The van der Waals surface area contributed by atoms with Gasteiger partial charge >= 0.3 is 0 Å². The second kappa shape index (κ2) is 12.8. The van der Waals surface area contributed by atoms with Gasteiger partial charge in [0.05, 0.1) is 0 Å². The number of aryl methyl sites for hydroxylation is 1. The Morgan fingerprint density at radius 1 is 1.21 bits per heavy atom. The average molecular weight is 511 g/mol. The molecule has 0 amide bonds. The molecule has 7 nitrogen and oxygen atoms in total.